The number of halogens is 3. The molecule has 7 aromatic carbocycles. The summed E-state index contributed by atoms with van der Waals surface area (Å²) < 4.78 is 66.7. The van der Waals surface area contributed by atoms with Crippen LogP contribution in [0.4, 0.5) is 0 Å². The van der Waals surface area contributed by atoms with E-state index >= 15 is 0 Å². The molecule has 0 spiro atoms. The molecule has 2 saturated heterocycles. The summed E-state index contributed by atoms with van der Waals surface area (Å²) in [5.41, 5.74) is 6.48. The van der Waals surface area contributed by atoms with Gasteiger partial charge < -0.3 is 52.7 Å². The van der Waals surface area contributed by atoms with Crippen molar-refractivity contribution in [1.82, 2.24) is 5.32 Å². The highest BCUT2D eigenvalue weighted by Gasteiger charge is 2.53. The molecule has 0 unspecified atom stereocenters. The van der Waals surface area contributed by atoms with Gasteiger partial charge in [0.05, 0.1) is 59.5 Å². The molecular formula is C63H64Cl3NO11. The Morgan fingerprint density at radius 3 is 1.01 bits per heavy atom. The maximum Gasteiger partial charge on any atom is 0.274 e. The Balaban J connectivity index is 1.09. The van der Waals surface area contributed by atoms with E-state index < -0.39 is 71.0 Å². The normalized spacial score (nSPS) is 23.4. The predicted molar refractivity (Wildman–Crippen MR) is 298 cm³/mol. The van der Waals surface area contributed by atoms with E-state index in [0.29, 0.717) is 6.61 Å². The Morgan fingerprint density at radius 2 is 0.654 bits per heavy atom. The lowest BCUT2D eigenvalue weighted by Gasteiger charge is -2.48. The van der Waals surface area contributed by atoms with Gasteiger partial charge in [0, 0.05) is 0 Å². The molecule has 15 heteroatoms. The summed E-state index contributed by atoms with van der Waals surface area (Å²) in [6.45, 7) is 1.32. The molecule has 9 rings (SSSR count). The molecule has 7 aromatic rings. The molecule has 1 N–H and O–H groups in total. The van der Waals surface area contributed by atoms with E-state index in [9.17, 15) is 4.79 Å². The van der Waals surface area contributed by atoms with E-state index in [1.165, 1.54) is 0 Å². The van der Waals surface area contributed by atoms with Crippen molar-refractivity contribution >= 4 is 40.7 Å². The number of ether oxygens (including phenoxy) is 10. The van der Waals surface area contributed by atoms with Crippen LogP contribution >= 0.6 is 34.8 Å². The summed E-state index contributed by atoms with van der Waals surface area (Å²) in [7, 11) is 0. The van der Waals surface area contributed by atoms with E-state index in [1.54, 1.807) is 0 Å². The highest BCUT2D eigenvalue weighted by atomic mass is 35.6. The van der Waals surface area contributed by atoms with Gasteiger partial charge in [-0.2, -0.15) is 0 Å². The van der Waals surface area contributed by atoms with Gasteiger partial charge in [-0.3, -0.25) is 4.79 Å². The minimum absolute atomic E-state index is 0.106. The zero-order chi connectivity index (χ0) is 53.8. The fraction of sp³-hybridized carbons (Fsp3) is 0.317. The topological polar surface area (TPSA) is 121 Å². The average Bonchev–Trinajstić information content (AvgIpc) is 3.52. The number of nitrogens with one attached hydrogen (secondary N) is 1. The SMILES string of the molecule is O=C(N[C@H]1O[C@H](CO[C@H]2O[C@H](COCc3ccccc3)[C@@H](OCc3ccccc3)[C@H](OCc3ccccc3)[C@@H]2OCc2ccccc2)[C@@H](OCc2ccccc2)[C@H](OCc2ccccc2)[C@H]1OCc1ccccc1)C(Cl)(Cl)Cl. The molecule has 408 valence electrons. The number of carbonyl (C=O) groups is 1. The van der Waals surface area contributed by atoms with Gasteiger partial charge in [-0.05, 0) is 38.9 Å². The van der Waals surface area contributed by atoms with Crippen LogP contribution in [-0.4, -0.2) is 84.3 Å². The Morgan fingerprint density at radius 1 is 0.359 bits per heavy atom. The van der Waals surface area contributed by atoms with E-state index in [2.05, 4.69) is 5.32 Å². The third-order valence-electron chi connectivity index (χ3n) is 13.3. The van der Waals surface area contributed by atoms with Crippen LogP contribution in [0.15, 0.2) is 212 Å². The van der Waals surface area contributed by atoms with Gasteiger partial charge >= 0.3 is 0 Å². The third kappa shape index (κ3) is 17.0. The first-order valence-electron chi connectivity index (χ1n) is 26.1. The van der Waals surface area contributed by atoms with Crippen LogP contribution in [0.1, 0.15) is 38.9 Å². The lowest BCUT2D eigenvalue weighted by atomic mass is 9.96. The zero-order valence-corrected chi connectivity index (χ0v) is 45.2. The summed E-state index contributed by atoms with van der Waals surface area (Å²) in [5, 5.41) is 2.82. The minimum atomic E-state index is -2.36. The highest BCUT2D eigenvalue weighted by molar-refractivity contribution is 6.76. The van der Waals surface area contributed by atoms with Gasteiger partial charge in [-0.25, -0.2) is 0 Å². The number of carbonyl (C=O) groups excluding carboxylic acids is 1. The predicted octanol–water partition coefficient (Wildman–Crippen LogP) is 11.7. The summed E-state index contributed by atoms with van der Waals surface area (Å²) >= 11 is 18.7. The molecule has 2 heterocycles. The third-order valence-corrected chi connectivity index (χ3v) is 13.8. The highest BCUT2D eigenvalue weighted by Crippen LogP contribution is 2.36. The summed E-state index contributed by atoms with van der Waals surface area (Å²) in [6.07, 6.45) is -9.36. The van der Waals surface area contributed by atoms with Crippen molar-refractivity contribution in [3.8, 4) is 0 Å². The van der Waals surface area contributed by atoms with Crippen molar-refractivity contribution in [1.29, 1.82) is 0 Å². The van der Waals surface area contributed by atoms with Crippen LogP contribution in [0, 0.1) is 0 Å². The van der Waals surface area contributed by atoms with E-state index in [4.69, 9.17) is 82.2 Å². The molecule has 0 aromatic heterocycles. The number of hydrogen-bond acceptors (Lipinski definition) is 11. The number of alkyl halides is 3. The first-order chi connectivity index (χ1) is 38.2. The van der Waals surface area contributed by atoms with Gasteiger partial charge in [0.15, 0.2) is 12.5 Å². The molecule has 0 saturated carbocycles. The van der Waals surface area contributed by atoms with Crippen LogP contribution in [0.25, 0.3) is 0 Å². The molecule has 2 aliphatic heterocycles. The standard InChI is InChI=1S/C63H64Cl3NO11/c64-63(65,66)62(68)67-60-58(74-41-50-32-18-6-19-33-50)56(72-39-48-28-14-4-15-29-48)55(71-38-47-26-12-3-13-27-47)53(77-60)44-76-61-59(75-42-51-34-20-7-21-35-51)57(73-40-49-30-16-5-17-31-49)54(70-37-46-24-10-2-11-25-46)52(78-61)43-69-36-45-22-8-1-9-23-45/h1-35,52-61H,36-44H2,(H,67,68)/t52-,53-,54-,55-,56+,57+,58-,59+,60+,61+/m1/s1. The molecule has 10 atom stereocenters. The molecule has 0 bridgehead atoms. The molecule has 78 heavy (non-hydrogen) atoms. The average molecular weight is 1120 g/mol. The molecule has 12 nitrogen and oxygen atoms in total. The molecular weight excluding hydrogens is 1050 g/mol. The number of rotatable bonds is 26. The van der Waals surface area contributed by atoms with Crippen LogP contribution in [0.5, 0.6) is 0 Å². The van der Waals surface area contributed by atoms with Crippen LogP contribution in [0.2, 0.25) is 0 Å². The second-order valence-corrected chi connectivity index (χ2v) is 21.3. The van der Waals surface area contributed by atoms with Crippen LogP contribution < -0.4 is 5.32 Å². The second-order valence-electron chi connectivity index (χ2n) is 19.0. The number of hydrogen-bond donors (Lipinski definition) is 1. The monoisotopic (exact) mass is 1120 g/mol. The lowest BCUT2D eigenvalue weighted by Crippen LogP contribution is -2.66. The van der Waals surface area contributed by atoms with Crippen molar-refractivity contribution in [2.45, 2.75) is 111 Å². The van der Waals surface area contributed by atoms with E-state index in [0.717, 1.165) is 38.9 Å². The van der Waals surface area contributed by atoms with Crippen LogP contribution in [0.3, 0.4) is 0 Å². The smallest absolute Gasteiger partial charge is 0.274 e. The van der Waals surface area contributed by atoms with Gasteiger partial charge in [0.25, 0.3) is 9.70 Å². The van der Waals surface area contributed by atoms with E-state index in [-0.39, 0.29) is 52.9 Å². The Hall–Kier alpha value is -5.52. The second kappa shape index (κ2) is 29.6. The van der Waals surface area contributed by atoms with Crippen molar-refractivity contribution in [2.75, 3.05) is 13.2 Å². The fourth-order valence-corrected chi connectivity index (χ4v) is 9.48. The molecule has 2 fully saturated rings. The first kappa shape index (κ1) is 57.2. The fourth-order valence-electron chi connectivity index (χ4n) is 9.32. The van der Waals surface area contributed by atoms with E-state index in [1.807, 2.05) is 212 Å². The van der Waals surface area contributed by atoms with Crippen LogP contribution in [-0.2, 0) is 98.4 Å². The molecule has 2 aliphatic rings. The Labute approximate surface area is 471 Å². The maximum atomic E-state index is 13.7. The van der Waals surface area contributed by atoms with Crippen molar-refractivity contribution < 1.29 is 52.2 Å². The van der Waals surface area contributed by atoms with Gasteiger partial charge in [0.1, 0.15) is 48.8 Å². The van der Waals surface area contributed by atoms with Crippen molar-refractivity contribution in [3.63, 3.8) is 0 Å². The quantitative estimate of drug-likeness (QED) is 0.0522. The van der Waals surface area contributed by atoms with Gasteiger partial charge in [-0.15, -0.1) is 0 Å². The van der Waals surface area contributed by atoms with Crippen molar-refractivity contribution in [3.05, 3.63) is 251 Å². The van der Waals surface area contributed by atoms with Gasteiger partial charge in [-0.1, -0.05) is 247 Å². The Kier molecular flexibility index (Phi) is 21.7. The summed E-state index contributed by atoms with van der Waals surface area (Å²) in [5.74, 6) is -0.931. The van der Waals surface area contributed by atoms with Gasteiger partial charge in [0.2, 0.25) is 0 Å². The molecule has 1 amide bonds. The zero-order valence-electron chi connectivity index (χ0n) is 43.0. The molecule has 0 radical (unpaired) electrons. The maximum absolute atomic E-state index is 13.7. The number of benzene rings is 7. The lowest BCUT2D eigenvalue weighted by molar-refractivity contribution is -0.340. The van der Waals surface area contributed by atoms with Crippen molar-refractivity contribution in [2.24, 2.45) is 0 Å². The largest absolute Gasteiger partial charge is 0.374 e. The minimum Gasteiger partial charge on any atom is -0.374 e. The first-order valence-corrected chi connectivity index (χ1v) is 27.2. The number of amides is 1. The Bertz CT molecular complexity index is 2790. The summed E-state index contributed by atoms with van der Waals surface area (Å²) in [4.78, 5) is 13.7. The summed E-state index contributed by atoms with van der Waals surface area (Å²) in [6, 6.07) is 68.8. The molecule has 0 aliphatic carbocycles.